The van der Waals surface area contributed by atoms with Crippen molar-refractivity contribution in [3.05, 3.63) is 0 Å². The number of unbranched alkanes of at least 4 members (excludes halogenated alkanes) is 15. The van der Waals surface area contributed by atoms with Crippen LogP contribution in [0.2, 0.25) is 0 Å². The first kappa shape index (κ1) is 32.2. The number of rotatable bonds is 23. The molecule has 29 heavy (non-hydrogen) atoms. The largest absolute Gasteiger partial charge is 1.00 e. The maximum Gasteiger partial charge on any atom is 1.00 e. The fourth-order valence-corrected chi connectivity index (χ4v) is 3.88. The predicted octanol–water partition coefficient (Wildman–Crippen LogP) is 3.49. The van der Waals surface area contributed by atoms with Gasteiger partial charge in [-0.1, -0.05) is 104 Å². The van der Waals surface area contributed by atoms with Crippen LogP contribution in [0.3, 0.4) is 0 Å². The minimum Gasteiger partial charge on any atom is -0.550 e. The second-order valence-corrected chi connectivity index (χ2v) is 8.62. The average molecular weight is 436 g/mol. The molecule has 0 saturated heterocycles. The monoisotopic (exact) mass is 435 g/mol. The van der Waals surface area contributed by atoms with E-state index >= 15 is 0 Å². The Kier molecular flexibility index (Phi) is 30.1. The molecule has 0 amide bonds. The summed E-state index contributed by atoms with van der Waals surface area (Å²) in [6.07, 6.45) is 23.6. The smallest absolute Gasteiger partial charge is 0.550 e. The molecule has 0 aromatic heterocycles. The van der Waals surface area contributed by atoms with E-state index in [-0.39, 0.29) is 57.8 Å². The number of hydrogen-bond donors (Lipinski definition) is 0. The number of carbonyl (C=O) groups is 1. The molecule has 0 bridgehead atoms. The van der Waals surface area contributed by atoms with E-state index in [1.807, 2.05) is 0 Å². The van der Waals surface area contributed by atoms with Crippen molar-refractivity contribution in [1.82, 2.24) is 4.90 Å². The van der Waals surface area contributed by atoms with Crippen molar-refractivity contribution in [3.63, 3.8) is 0 Å². The van der Waals surface area contributed by atoms with Gasteiger partial charge < -0.3 is 14.8 Å². The molecule has 0 atom stereocenters. The molecule has 0 aromatic carbocycles. The van der Waals surface area contributed by atoms with Crippen LogP contribution >= 0.6 is 0 Å². The Hall–Kier alpha value is 1.07. The second-order valence-electron chi connectivity index (χ2n) is 8.62. The fourth-order valence-electron chi connectivity index (χ4n) is 3.88. The summed E-state index contributed by atoms with van der Waals surface area (Å²) in [7, 11) is 0. The Balaban J connectivity index is 0. The first-order chi connectivity index (χ1) is 13.7. The van der Waals surface area contributed by atoms with Gasteiger partial charge in [-0.2, -0.15) is 0 Å². The summed E-state index contributed by atoms with van der Waals surface area (Å²) in [5.74, 6) is -0.903. The zero-order valence-electron chi connectivity index (χ0n) is 20.3. The number of carboxylic acid groups (broad SMARTS) is 1. The minimum absolute atomic E-state index is 0. The summed E-state index contributed by atoms with van der Waals surface area (Å²) in [4.78, 5) is 13.1. The van der Waals surface area contributed by atoms with Crippen LogP contribution in [0.15, 0.2) is 0 Å². The maximum atomic E-state index is 10.4. The third-order valence-electron chi connectivity index (χ3n) is 5.76. The van der Waals surface area contributed by atoms with Crippen molar-refractivity contribution in [2.75, 3.05) is 19.6 Å². The van der Waals surface area contributed by atoms with Gasteiger partial charge in [0, 0.05) is 5.97 Å². The molecule has 0 saturated carbocycles. The summed E-state index contributed by atoms with van der Waals surface area (Å²) in [6, 6.07) is 0. The Morgan fingerprint density at radius 3 is 1.21 bits per heavy atom. The van der Waals surface area contributed by atoms with E-state index < -0.39 is 5.97 Å². The molecular formula is C25H50KNO2. The first-order valence-corrected chi connectivity index (χ1v) is 12.6. The Bertz CT molecular complexity index is 310. The zero-order valence-corrected chi connectivity index (χ0v) is 23.4. The molecule has 0 rings (SSSR count). The molecule has 168 valence electrons. The third kappa shape index (κ3) is 27.0. The average Bonchev–Trinajstić information content (AvgIpc) is 2.68. The second kappa shape index (κ2) is 27.1. The molecule has 0 aliphatic heterocycles. The van der Waals surface area contributed by atoms with Gasteiger partial charge in [0.2, 0.25) is 0 Å². The van der Waals surface area contributed by atoms with Crippen LogP contribution in [0.4, 0.5) is 0 Å². The van der Waals surface area contributed by atoms with Crippen LogP contribution in [0.25, 0.3) is 0 Å². The normalized spacial score (nSPS) is 11.0. The summed E-state index contributed by atoms with van der Waals surface area (Å²) in [5, 5.41) is 10.4. The van der Waals surface area contributed by atoms with Gasteiger partial charge in [-0.15, -0.1) is 0 Å². The molecule has 0 spiro atoms. The molecule has 0 unspecified atom stereocenters. The van der Waals surface area contributed by atoms with Gasteiger partial charge >= 0.3 is 51.4 Å². The van der Waals surface area contributed by atoms with Crippen molar-refractivity contribution in [2.45, 2.75) is 136 Å². The van der Waals surface area contributed by atoms with E-state index in [1.165, 1.54) is 122 Å². The van der Waals surface area contributed by atoms with Gasteiger partial charge in [-0.25, -0.2) is 0 Å². The van der Waals surface area contributed by atoms with Crippen molar-refractivity contribution in [3.8, 4) is 0 Å². The number of carboxylic acids is 1. The third-order valence-corrected chi connectivity index (χ3v) is 5.76. The SMILES string of the molecule is CCCCCCCCN(CCCCCCCC)CCCCCCCCC(=O)[O-].[K+]. The summed E-state index contributed by atoms with van der Waals surface area (Å²) >= 11 is 0. The van der Waals surface area contributed by atoms with Crippen molar-refractivity contribution < 1.29 is 61.3 Å². The predicted molar refractivity (Wildman–Crippen MR) is 121 cm³/mol. The van der Waals surface area contributed by atoms with E-state index in [4.69, 9.17) is 0 Å². The molecular weight excluding hydrogens is 385 g/mol. The molecule has 0 N–H and O–H groups in total. The standard InChI is InChI=1S/C25H51NO2.K/c1-3-5-7-9-14-18-22-26(23-19-15-10-8-6-4-2)24-20-16-12-11-13-17-21-25(27)28;/h3-24H2,1-2H3,(H,27,28);/q;+1/p-1. The molecule has 0 heterocycles. The van der Waals surface area contributed by atoms with Crippen molar-refractivity contribution >= 4 is 5.97 Å². The van der Waals surface area contributed by atoms with E-state index in [2.05, 4.69) is 18.7 Å². The molecule has 0 aliphatic rings. The van der Waals surface area contributed by atoms with Crippen LogP contribution in [0, 0.1) is 0 Å². The van der Waals surface area contributed by atoms with E-state index in [1.54, 1.807) is 0 Å². The molecule has 0 aliphatic carbocycles. The summed E-state index contributed by atoms with van der Waals surface area (Å²) in [6.45, 7) is 8.39. The molecule has 0 aromatic rings. The molecule has 3 nitrogen and oxygen atoms in total. The van der Waals surface area contributed by atoms with Crippen LogP contribution in [-0.2, 0) is 4.79 Å². The van der Waals surface area contributed by atoms with E-state index in [0.717, 1.165) is 12.8 Å². The summed E-state index contributed by atoms with van der Waals surface area (Å²) in [5.41, 5.74) is 0. The van der Waals surface area contributed by atoms with Gasteiger partial charge in [-0.05, 0) is 51.7 Å². The molecule has 4 heteroatoms. The van der Waals surface area contributed by atoms with Gasteiger partial charge in [0.25, 0.3) is 0 Å². The van der Waals surface area contributed by atoms with E-state index in [9.17, 15) is 9.90 Å². The topological polar surface area (TPSA) is 43.4 Å². The van der Waals surface area contributed by atoms with Crippen LogP contribution in [0.5, 0.6) is 0 Å². The van der Waals surface area contributed by atoms with Gasteiger partial charge in [0.15, 0.2) is 0 Å². The number of hydrogen-bond acceptors (Lipinski definition) is 3. The van der Waals surface area contributed by atoms with Gasteiger partial charge in [0.05, 0.1) is 0 Å². The van der Waals surface area contributed by atoms with Gasteiger partial charge in [-0.3, -0.25) is 0 Å². The van der Waals surface area contributed by atoms with Crippen LogP contribution < -0.4 is 56.5 Å². The van der Waals surface area contributed by atoms with Crippen LogP contribution in [0.1, 0.15) is 136 Å². The van der Waals surface area contributed by atoms with Crippen LogP contribution in [-0.4, -0.2) is 30.5 Å². The minimum atomic E-state index is -0.903. The van der Waals surface area contributed by atoms with Gasteiger partial charge in [0.1, 0.15) is 0 Å². The molecule has 0 radical (unpaired) electrons. The van der Waals surface area contributed by atoms with E-state index in [0.29, 0.717) is 0 Å². The number of nitrogens with zero attached hydrogens (tertiary/aromatic N) is 1. The van der Waals surface area contributed by atoms with Crippen molar-refractivity contribution in [1.29, 1.82) is 0 Å². The maximum absolute atomic E-state index is 10.4. The first-order valence-electron chi connectivity index (χ1n) is 12.6. The quantitative estimate of drug-likeness (QED) is 0.182. The Labute approximate surface area is 225 Å². The fraction of sp³-hybridized carbons (Fsp3) is 0.960. The Morgan fingerprint density at radius 1 is 0.552 bits per heavy atom. The van der Waals surface area contributed by atoms with Crippen molar-refractivity contribution in [2.24, 2.45) is 0 Å². The molecule has 0 fully saturated rings. The number of aliphatic carboxylic acids is 1. The Morgan fingerprint density at radius 2 is 0.862 bits per heavy atom. The zero-order chi connectivity index (χ0) is 20.7. The number of carbonyl (C=O) groups excluding carboxylic acids is 1. The summed E-state index contributed by atoms with van der Waals surface area (Å²) < 4.78 is 0.